The van der Waals surface area contributed by atoms with Gasteiger partial charge in [0.25, 0.3) is 0 Å². The smallest absolute Gasteiger partial charge is 0.244 e. The van der Waals surface area contributed by atoms with Crippen LogP contribution in [0.25, 0.3) is 6.08 Å². The highest BCUT2D eigenvalue weighted by Gasteiger charge is 2.23. The van der Waals surface area contributed by atoms with Crippen molar-refractivity contribution < 1.29 is 23.7 Å². The number of hydrogen-bond acceptors (Lipinski definition) is 6. The Bertz CT molecular complexity index is 1120. The van der Waals surface area contributed by atoms with Crippen LogP contribution in [0.1, 0.15) is 23.0 Å². The Morgan fingerprint density at radius 1 is 1.16 bits per heavy atom. The van der Waals surface area contributed by atoms with E-state index in [-0.39, 0.29) is 5.91 Å². The Morgan fingerprint density at radius 2 is 1.94 bits per heavy atom. The number of hydrogen-bond donors (Lipinski definition) is 1. The number of nitrogens with zero attached hydrogens (tertiary/aromatic N) is 2. The fraction of sp³-hybridized carbons (Fsp3) is 0.250. The van der Waals surface area contributed by atoms with Crippen LogP contribution >= 0.6 is 0 Å². The first kappa shape index (κ1) is 21.3. The zero-order valence-electron chi connectivity index (χ0n) is 18.2. The number of nitrogens with one attached hydrogen (secondary N) is 1. The monoisotopic (exact) mass is 435 g/mol. The molecular formula is C24H25N3O5. The lowest BCUT2D eigenvalue weighted by molar-refractivity contribution is -0.117. The van der Waals surface area contributed by atoms with Crippen molar-refractivity contribution in [1.82, 2.24) is 14.9 Å². The quantitative estimate of drug-likeness (QED) is 0.574. The topological polar surface area (TPSA) is 83.8 Å². The van der Waals surface area contributed by atoms with E-state index in [1.807, 2.05) is 48.1 Å². The van der Waals surface area contributed by atoms with Gasteiger partial charge in [-0.15, -0.1) is 0 Å². The number of amides is 1. The van der Waals surface area contributed by atoms with Crippen molar-refractivity contribution in [1.29, 1.82) is 0 Å². The Morgan fingerprint density at radius 3 is 2.69 bits per heavy atom. The van der Waals surface area contributed by atoms with Crippen LogP contribution in [-0.2, 0) is 11.8 Å². The minimum absolute atomic E-state index is 0.280. The number of benzene rings is 2. The Balaban J connectivity index is 1.59. The second-order valence-electron chi connectivity index (χ2n) is 7.16. The van der Waals surface area contributed by atoms with E-state index in [1.165, 1.54) is 6.08 Å². The highest BCUT2D eigenvalue weighted by atomic mass is 16.6. The molecule has 2 heterocycles. The summed E-state index contributed by atoms with van der Waals surface area (Å²) in [6.45, 7) is 0.937. The normalized spacial score (nSPS) is 13.6. The average Bonchev–Trinajstić information content (AvgIpc) is 3.26. The summed E-state index contributed by atoms with van der Waals surface area (Å²) in [5.74, 6) is 2.81. The fourth-order valence-corrected chi connectivity index (χ4v) is 3.59. The van der Waals surface area contributed by atoms with Gasteiger partial charge in [-0.2, -0.15) is 0 Å². The van der Waals surface area contributed by atoms with E-state index in [4.69, 9.17) is 18.9 Å². The van der Waals surface area contributed by atoms with E-state index in [9.17, 15) is 4.79 Å². The van der Waals surface area contributed by atoms with Crippen LogP contribution < -0.4 is 24.3 Å². The molecule has 1 N–H and O–H groups in total. The van der Waals surface area contributed by atoms with Crippen molar-refractivity contribution in [3.8, 4) is 23.0 Å². The number of carbonyl (C=O) groups excluding carboxylic acids is 1. The minimum Gasteiger partial charge on any atom is -0.496 e. The predicted molar refractivity (Wildman–Crippen MR) is 119 cm³/mol. The third kappa shape index (κ3) is 4.39. The zero-order chi connectivity index (χ0) is 22.5. The summed E-state index contributed by atoms with van der Waals surface area (Å²) < 4.78 is 24.1. The minimum atomic E-state index is -0.488. The van der Waals surface area contributed by atoms with E-state index in [2.05, 4.69) is 10.3 Å². The molecule has 0 saturated heterocycles. The summed E-state index contributed by atoms with van der Waals surface area (Å²) in [6.07, 6.45) is 6.70. The van der Waals surface area contributed by atoms with Gasteiger partial charge in [-0.1, -0.05) is 18.2 Å². The molecule has 1 aromatic heterocycles. The lowest BCUT2D eigenvalue weighted by atomic mass is 10.0. The number of aromatic nitrogens is 2. The molecule has 0 aliphatic carbocycles. The third-order valence-electron chi connectivity index (χ3n) is 5.13. The number of imidazole rings is 1. The molecule has 1 amide bonds. The summed E-state index contributed by atoms with van der Waals surface area (Å²) in [4.78, 5) is 17.3. The Hall–Kier alpha value is -3.94. The second-order valence-corrected chi connectivity index (χ2v) is 7.16. The molecule has 8 nitrogen and oxygen atoms in total. The molecule has 8 heteroatoms. The first-order valence-electron chi connectivity index (χ1n) is 10.2. The Labute approximate surface area is 186 Å². The van der Waals surface area contributed by atoms with Crippen molar-refractivity contribution in [3.63, 3.8) is 0 Å². The molecule has 1 aliphatic rings. The van der Waals surface area contributed by atoms with Crippen LogP contribution in [0.2, 0.25) is 0 Å². The molecule has 166 valence electrons. The maximum atomic E-state index is 12.9. The average molecular weight is 435 g/mol. The van der Waals surface area contributed by atoms with Crippen LogP contribution in [0.3, 0.4) is 0 Å². The summed E-state index contributed by atoms with van der Waals surface area (Å²) in [5, 5.41) is 3.04. The van der Waals surface area contributed by atoms with Crippen molar-refractivity contribution in [2.45, 2.75) is 6.04 Å². The van der Waals surface area contributed by atoms with E-state index in [0.29, 0.717) is 42.0 Å². The van der Waals surface area contributed by atoms with Gasteiger partial charge < -0.3 is 28.8 Å². The van der Waals surface area contributed by atoms with Gasteiger partial charge in [0.1, 0.15) is 30.8 Å². The van der Waals surface area contributed by atoms with Crippen LogP contribution in [-0.4, -0.2) is 42.9 Å². The molecule has 0 fully saturated rings. The molecule has 3 aromatic rings. The van der Waals surface area contributed by atoms with E-state index < -0.39 is 6.04 Å². The SMILES string of the molecule is COc1ccccc1C(NC(=O)/C=C/c1cc(OC)c2c(c1)OCCO2)c1nccn1C. The maximum Gasteiger partial charge on any atom is 0.244 e. The fourth-order valence-electron chi connectivity index (χ4n) is 3.59. The van der Waals surface area contributed by atoms with Gasteiger partial charge in [-0.25, -0.2) is 4.98 Å². The first-order chi connectivity index (χ1) is 15.6. The number of methoxy groups -OCH3 is 2. The van der Waals surface area contributed by atoms with E-state index >= 15 is 0 Å². The molecule has 1 aliphatic heterocycles. The zero-order valence-corrected chi connectivity index (χ0v) is 18.2. The van der Waals surface area contributed by atoms with Crippen molar-refractivity contribution in [2.24, 2.45) is 7.05 Å². The number of rotatable bonds is 7. The van der Waals surface area contributed by atoms with Gasteiger partial charge >= 0.3 is 0 Å². The molecular weight excluding hydrogens is 410 g/mol. The number of carbonyl (C=O) groups is 1. The molecule has 1 unspecified atom stereocenters. The lowest BCUT2D eigenvalue weighted by Crippen LogP contribution is -2.30. The highest BCUT2D eigenvalue weighted by molar-refractivity contribution is 5.92. The van der Waals surface area contributed by atoms with Crippen LogP contribution in [0.4, 0.5) is 0 Å². The molecule has 2 aromatic carbocycles. The van der Waals surface area contributed by atoms with Crippen LogP contribution in [0.15, 0.2) is 54.9 Å². The van der Waals surface area contributed by atoms with E-state index in [1.54, 1.807) is 32.6 Å². The molecule has 1 atom stereocenters. The van der Waals surface area contributed by atoms with Gasteiger partial charge in [-0.05, 0) is 29.8 Å². The van der Waals surface area contributed by atoms with E-state index in [0.717, 1.165) is 11.1 Å². The number of fused-ring (bicyclic) bond motifs is 1. The second kappa shape index (κ2) is 9.47. The molecule has 0 bridgehead atoms. The van der Waals surface area contributed by atoms with Crippen LogP contribution in [0.5, 0.6) is 23.0 Å². The maximum absolute atomic E-state index is 12.9. The lowest BCUT2D eigenvalue weighted by Gasteiger charge is -2.21. The van der Waals surface area contributed by atoms with Crippen molar-refractivity contribution in [3.05, 3.63) is 71.8 Å². The van der Waals surface area contributed by atoms with Gasteiger partial charge in [0.05, 0.1) is 14.2 Å². The summed E-state index contributed by atoms with van der Waals surface area (Å²) in [6, 6.07) is 10.7. The first-order valence-corrected chi connectivity index (χ1v) is 10.2. The molecule has 0 spiro atoms. The molecule has 0 saturated carbocycles. The standard InChI is InChI=1S/C24H25N3O5/c1-27-11-10-25-24(27)22(17-6-4-5-7-18(17)29-2)26-21(28)9-8-16-14-19(30-3)23-20(15-16)31-12-13-32-23/h4-11,14-15,22H,12-13H2,1-3H3,(H,26,28)/b9-8+. The molecule has 4 rings (SSSR count). The summed E-state index contributed by atoms with van der Waals surface area (Å²) in [5.41, 5.74) is 1.57. The molecule has 0 radical (unpaired) electrons. The summed E-state index contributed by atoms with van der Waals surface area (Å²) >= 11 is 0. The van der Waals surface area contributed by atoms with Gasteiger partial charge in [-0.3, -0.25) is 4.79 Å². The number of aryl methyl sites for hydroxylation is 1. The van der Waals surface area contributed by atoms with Gasteiger partial charge in [0.15, 0.2) is 11.5 Å². The Kier molecular flexibility index (Phi) is 6.30. The highest BCUT2D eigenvalue weighted by Crippen LogP contribution is 2.40. The molecule has 32 heavy (non-hydrogen) atoms. The van der Waals surface area contributed by atoms with Gasteiger partial charge in [0.2, 0.25) is 11.7 Å². The number of ether oxygens (including phenoxy) is 4. The van der Waals surface area contributed by atoms with Crippen molar-refractivity contribution in [2.75, 3.05) is 27.4 Å². The third-order valence-corrected chi connectivity index (χ3v) is 5.13. The van der Waals surface area contributed by atoms with Crippen molar-refractivity contribution >= 4 is 12.0 Å². The number of para-hydroxylation sites is 1. The summed E-state index contributed by atoms with van der Waals surface area (Å²) in [7, 11) is 5.05. The van der Waals surface area contributed by atoms with Crippen LogP contribution in [0, 0.1) is 0 Å². The van der Waals surface area contributed by atoms with Gasteiger partial charge in [0, 0.05) is 31.1 Å². The largest absolute Gasteiger partial charge is 0.496 e. The predicted octanol–water partition coefficient (Wildman–Crippen LogP) is 3.13.